The van der Waals surface area contributed by atoms with E-state index in [0.717, 1.165) is 28.0 Å². The van der Waals surface area contributed by atoms with Gasteiger partial charge in [-0.1, -0.05) is 36.4 Å². The minimum Gasteiger partial charge on any atom is -0.342 e. The van der Waals surface area contributed by atoms with Crippen LogP contribution in [0.1, 0.15) is 17.0 Å². The second-order valence-electron chi connectivity index (χ2n) is 6.12. The van der Waals surface area contributed by atoms with Gasteiger partial charge in [0, 0.05) is 17.4 Å². The molecule has 6 heteroatoms. The summed E-state index contributed by atoms with van der Waals surface area (Å²) in [5.74, 6) is 0.361. The summed E-state index contributed by atoms with van der Waals surface area (Å²) in [6, 6.07) is 18.3. The Morgan fingerprint density at radius 2 is 2.04 bits per heavy atom. The Labute approximate surface area is 160 Å². The van der Waals surface area contributed by atoms with Gasteiger partial charge < -0.3 is 4.98 Å². The first kappa shape index (κ1) is 17.2. The molecule has 2 heterocycles. The minimum absolute atomic E-state index is 0.553. The molecule has 4 aromatic rings. The van der Waals surface area contributed by atoms with E-state index in [4.69, 9.17) is 5.21 Å². The average molecular weight is 375 g/mol. The van der Waals surface area contributed by atoms with Crippen LogP contribution in [0.2, 0.25) is 0 Å². The number of nitrogens with one attached hydrogen (secondary N) is 2. The fourth-order valence-electron chi connectivity index (χ4n) is 2.89. The molecule has 0 aliphatic rings. The van der Waals surface area contributed by atoms with Crippen molar-refractivity contribution in [1.29, 1.82) is 0 Å². The van der Waals surface area contributed by atoms with Crippen LogP contribution in [0.4, 0.5) is 0 Å². The molecule has 2 aromatic carbocycles. The van der Waals surface area contributed by atoms with Gasteiger partial charge in [0.15, 0.2) is 0 Å². The topological polar surface area (TPSA) is 78.0 Å². The molecular weight excluding hydrogens is 358 g/mol. The Hall–Kier alpha value is -3.22. The fraction of sp³-hybridized carbons (Fsp3) is 0.0476. The highest BCUT2D eigenvalue weighted by Crippen LogP contribution is 2.27. The molecular formula is C21H17N3O2S. The van der Waals surface area contributed by atoms with Crippen molar-refractivity contribution < 1.29 is 10.0 Å². The Bertz CT molecular complexity index is 1100. The monoisotopic (exact) mass is 375 g/mol. The first-order chi connectivity index (χ1) is 13.2. The molecule has 0 unspecified atom stereocenters. The molecule has 0 saturated heterocycles. The molecule has 2 aromatic heterocycles. The number of nitrogens with zero attached hydrogens (tertiary/aromatic N) is 1. The lowest BCUT2D eigenvalue weighted by Crippen LogP contribution is -2.14. The number of H-pyrrole nitrogens is 1. The van der Waals surface area contributed by atoms with E-state index in [9.17, 15) is 4.79 Å². The maximum Gasteiger partial charge on any atom is 0.267 e. The molecule has 27 heavy (non-hydrogen) atoms. The lowest BCUT2D eigenvalue weighted by molar-refractivity contribution is -0.124. The standard InChI is InChI=1S/C21H17N3O2S/c25-21(24-26)10-7-14-3-5-15(6-4-14)12-20-22-17-9-8-16(13-18(17)23-20)19-2-1-11-27-19/h1-11,13,26H,12H2,(H,22,23)(H,24,25). The van der Waals surface area contributed by atoms with Crippen LogP contribution in [0.3, 0.4) is 0 Å². The molecule has 0 aliphatic carbocycles. The molecule has 4 rings (SSSR count). The van der Waals surface area contributed by atoms with E-state index in [0.29, 0.717) is 6.42 Å². The zero-order chi connectivity index (χ0) is 18.6. The second-order valence-corrected chi connectivity index (χ2v) is 7.07. The number of rotatable bonds is 5. The number of aromatic nitrogens is 2. The summed E-state index contributed by atoms with van der Waals surface area (Å²) in [4.78, 5) is 20.3. The van der Waals surface area contributed by atoms with Gasteiger partial charge in [-0.2, -0.15) is 0 Å². The van der Waals surface area contributed by atoms with Gasteiger partial charge in [-0.25, -0.2) is 10.5 Å². The lowest BCUT2D eigenvalue weighted by atomic mass is 10.1. The van der Waals surface area contributed by atoms with Gasteiger partial charge in [0.2, 0.25) is 0 Å². The fourth-order valence-corrected chi connectivity index (χ4v) is 3.62. The molecule has 1 amide bonds. The Morgan fingerprint density at radius 3 is 2.78 bits per heavy atom. The highest BCUT2D eigenvalue weighted by molar-refractivity contribution is 7.13. The van der Waals surface area contributed by atoms with Crippen molar-refractivity contribution in [2.75, 3.05) is 0 Å². The quantitative estimate of drug-likeness (QED) is 0.275. The molecule has 0 radical (unpaired) electrons. The van der Waals surface area contributed by atoms with E-state index in [1.54, 1.807) is 22.9 Å². The van der Waals surface area contributed by atoms with Gasteiger partial charge in [0.25, 0.3) is 5.91 Å². The number of benzene rings is 2. The van der Waals surface area contributed by atoms with Crippen LogP contribution in [-0.4, -0.2) is 21.1 Å². The largest absolute Gasteiger partial charge is 0.342 e. The zero-order valence-corrected chi connectivity index (χ0v) is 15.2. The van der Waals surface area contributed by atoms with Crippen molar-refractivity contribution >= 4 is 34.4 Å². The summed E-state index contributed by atoms with van der Waals surface area (Å²) in [7, 11) is 0. The number of hydrogen-bond acceptors (Lipinski definition) is 4. The molecule has 5 nitrogen and oxygen atoms in total. The van der Waals surface area contributed by atoms with Crippen LogP contribution >= 0.6 is 11.3 Å². The number of imidazole rings is 1. The normalized spacial score (nSPS) is 11.3. The number of carbonyl (C=O) groups is 1. The predicted octanol–water partition coefficient (Wildman–Crippen LogP) is 4.40. The van der Waals surface area contributed by atoms with Crippen LogP contribution in [0.5, 0.6) is 0 Å². The molecule has 0 atom stereocenters. The number of carbonyl (C=O) groups excluding carboxylic acids is 1. The lowest BCUT2D eigenvalue weighted by Gasteiger charge is -1.99. The second kappa shape index (κ2) is 7.57. The number of fused-ring (bicyclic) bond motifs is 1. The molecule has 0 spiro atoms. The maximum atomic E-state index is 11.0. The van der Waals surface area contributed by atoms with Crippen molar-refractivity contribution in [1.82, 2.24) is 15.4 Å². The number of thiophene rings is 1. The van der Waals surface area contributed by atoms with Crippen molar-refractivity contribution in [3.63, 3.8) is 0 Å². The highest BCUT2D eigenvalue weighted by atomic mass is 32.1. The van der Waals surface area contributed by atoms with Crippen LogP contribution < -0.4 is 5.48 Å². The van der Waals surface area contributed by atoms with Gasteiger partial charge in [0.05, 0.1) is 11.0 Å². The van der Waals surface area contributed by atoms with E-state index in [2.05, 4.69) is 39.6 Å². The summed E-state index contributed by atoms with van der Waals surface area (Å²) in [5.41, 5.74) is 6.75. The summed E-state index contributed by atoms with van der Waals surface area (Å²) in [5, 5.41) is 10.6. The first-order valence-corrected chi connectivity index (χ1v) is 9.33. The van der Waals surface area contributed by atoms with Crippen LogP contribution in [0, 0.1) is 0 Å². The van der Waals surface area contributed by atoms with Crippen molar-refractivity contribution in [2.45, 2.75) is 6.42 Å². The summed E-state index contributed by atoms with van der Waals surface area (Å²) in [6.45, 7) is 0. The minimum atomic E-state index is -0.553. The number of hydroxylamine groups is 1. The smallest absolute Gasteiger partial charge is 0.267 e. The number of aromatic amines is 1. The summed E-state index contributed by atoms with van der Waals surface area (Å²) >= 11 is 1.72. The van der Waals surface area contributed by atoms with E-state index in [1.165, 1.54) is 16.5 Å². The summed E-state index contributed by atoms with van der Waals surface area (Å²) in [6.07, 6.45) is 3.62. The van der Waals surface area contributed by atoms with Gasteiger partial charge in [-0.05, 0) is 46.3 Å². The van der Waals surface area contributed by atoms with Crippen LogP contribution in [-0.2, 0) is 11.2 Å². The molecule has 3 N–H and O–H groups in total. The van der Waals surface area contributed by atoms with Gasteiger partial charge in [-0.3, -0.25) is 10.0 Å². The average Bonchev–Trinajstić information content (AvgIpc) is 3.36. The SMILES string of the molecule is O=C(C=Cc1ccc(Cc2nc3ccc(-c4cccs4)cc3[nH]2)cc1)NO. The Balaban J connectivity index is 1.51. The van der Waals surface area contributed by atoms with E-state index >= 15 is 0 Å². The predicted molar refractivity (Wildman–Crippen MR) is 108 cm³/mol. The first-order valence-electron chi connectivity index (χ1n) is 8.45. The molecule has 134 valence electrons. The highest BCUT2D eigenvalue weighted by Gasteiger charge is 2.06. The van der Waals surface area contributed by atoms with Crippen LogP contribution in [0.15, 0.2) is 66.1 Å². The Kier molecular flexibility index (Phi) is 4.82. The third-order valence-electron chi connectivity index (χ3n) is 4.23. The van der Waals surface area contributed by atoms with Crippen LogP contribution in [0.25, 0.3) is 27.6 Å². The Morgan fingerprint density at radius 1 is 1.19 bits per heavy atom. The van der Waals surface area contributed by atoms with Gasteiger partial charge in [0.1, 0.15) is 5.82 Å². The van der Waals surface area contributed by atoms with Crippen molar-refractivity contribution in [3.8, 4) is 10.4 Å². The third-order valence-corrected chi connectivity index (χ3v) is 5.14. The molecule has 0 aliphatic heterocycles. The van der Waals surface area contributed by atoms with E-state index in [-0.39, 0.29) is 0 Å². The maximum absolute atomic E-state index is 11.0. The van der Waals surface area contributed by atoms with Gasteiger partial charge in [-0.15, -0.1) is 11.3 Å². The summed E-state index contributed by atoms with van der Waals surface area (Å²) < 4.78 is 0. The number of hydrogen-bond donors (Lipinski definition) is 3. The van der Waals surface area contributed by atoms with Gasteiger partial charge >= 0.3 is 0 Å². The zero-order valence-electron chi connectivity index (χ0n) is 14.3. The van der Waals surface area contributed by atoms with E-state index in [1.807, 2.05) is 30.3 Å². The van der Waals surface area contributed by atoms with Crippen molar-refractivity contribution in [3.05, 3.63) is 83.0 Å². The molecule has 0 fully saturated rings. The molecule has 0 saturated carbocycles. The number of amides is 1. The van der Waals surface area contributed by atoms with Crippen molar-refractivity contribution in [2.24, 2.45) is 0 Å². The van der Waals surface area contributed by atoms with E-state index < -0.39 is 5.91 Å². The third kappa shape index (κ3) is 3.97. The molecule has 0 bridgehead atoms.